The van der Waals surface area contributed by atoms with E-state index >= 15 is 0 Å². The molecule has 1 aromatic heterocycles. The van der Waals surface area contributed by atoms with Gasteiger partial charge < -0.3 is 20.3 Å². The molecule has 3 amide bonds. The Labute approximate surface area is 206 Å². The number of hydrogen-bond acceptors (Lipinski definition) is 6. The van der Waals surface area contributed by atoms with Crippen LogP contribution >= 0.6 is 11.3 Å². The van der Waals surface area contributed by atoms with Crippen molar-refractivity contribution < 1.29 is 23.9 Å². The zero-order valence-electron chi connectivity index (χ0n) is 19.3. The summed E-state index contributed by atoms with van der Waals surface area (Å²) in [4.78, 5) is 52.7. The molecular weight excluding hydrogens is 466 g/mol. The van der Waals surface area contributed by atoms with Gasteiger partial charge in [-0.05, 0) is 48.7 Å². The number of amides is 3. The average molecular weight is 492 g/mol. The van der Waals surface area contributed by atoms with Gasteiger partial charge >= 0.3 is 5.97 Å². The van der Waals surface area contributed by atoms with Crippen LogP contribution in [-0.4, -0.2) is 37.3 Å². The van der Waals surface area contributed by atoms with Gasteiger partial charge in [0.25, 0.3) is 5.91 Å². The first-order valence-electron chi connectivity index (χ1n) is 11.1. The number of esters is 1. The first-order valence-corrected chi connectivity index (χ1v) is 11.9. The van der Waals surface area contributed by atoms with Gasteiger partial charge in [0.15, 0.2) is 0 Å². The van der Waals surface area contributed by atoms with Gasteiger partial charge in [-0.2, -0.15) is 0 Å². The normalized spacial score (nSPS) is 17.2. The maximum Gasteiger partial charge on any atom is 0.325 e. The number of aryl methyl sites for hydroxylation is 1. The summed E-state index contributed by atoms with van der Waals surface area (Å²) in [6.45, 7) is 1.72. The molecule has 0 radical (unpaired) electrons. The third-order valence-corrected chi connectivity index (χ3v) is 6.76. The predicted molar refractivity (Wildman–Crippen MR) is 133 cm³/mol. The lowest BCUT2D eigenvalue weighted by Gasteiger charge is -2.27. The minimum absolute atomic E-state index is 0.0710. The Balaban J connectivity index is 1.55. The molecule has 35 heavy (non-hydrogen) atoms. The number of ether oxygens (including phenoxy) is 1. The van der Waals surface area contributed by atoms with Crippen molar-refractivity contribution in [1.82, 2.24) is 5.32 Å². The number of thiophene rings is 1. The molecule has 8 nitrogen and oxygen atoms in total. The van der Waals surface area contributed by atoms with Crippen molar-refractivity contribution in [1.29, 1.82) is 0 Å². The van der Waals surface area contributed by atoms with Gasteiger partial charge in [-0.15, -0.1) is 11.3 Å². The number of carbonyl (C=O) groups is 4. The van der Waals surface area contributed by atoms with E-state index in [9.17, 15) is 19.2 Å². The molecule has 9 heteroatoms. The van der Waals surface area contributed by atoms with E-state index in [0.717, 1.165) is 16.1 Å². The van der Waals surface area contributed by atoms with Crippen LogP contribution in [0.25, 0.3) is 0 Å². The summed E-state index contributed by atoms with van der Waals surface area (Å²) in [6.07, 6.45) is 0.0710. The lowest BCUT2D eigenvalue weighted by molar-refractivity contribution is -0.139. The topological polar surface area (TPSA) is 105 Å². The molecule has 2 aromatic carbocycles. The van der Waals surface area contributed by atoms with Gasteiger partial charge in [-0.1, -0.05) is 29.8 Å². The monoisotopic (exact) mass is 491 g/mol. The fourth-order valence-electron chi connectivity index (χ4n) is 4.06. The molecule has 1 fully saturated rings. The summed E-state index contributed by atoms with van der Waals surface area (Å²) in [6, 6.07) is 17.5. The van der Waals surface area contributed by atoms with Crippen molar-refractivity contribution in [3.63, 3.8) is 0 Å². The Bertz CT molecular complexity index is 1240. The predicted octanol–water partition coefficient (Wildman–Crippen LogP) is 3.69. The van der Waals surface area contributed by atoms with Crippen molar-refractivity contribution in [3.8, 4) is 0 Å². The van der Waals surface area contributed by atoms with Crippen LogP contribution in [0.4, 0.5) is 11.4 Å². The van der Waals surface area contributed by atoms with Gasteiger partial charge in [0.05, 0.1) is 19.1 Å². The molecule has 1 aliphatic rings. The van der Waals surface area contributed by atoms with E-state index in [1.807, 2.05) is 48.7 Å². The minimum atomic E-state index is -0.612. The van der Waals surface area contributed by atoms with Crippen LogP contribution in [0.1, 0.15) is 33.3 Å². The number of nitrogens with zero attached hydrogens (tertiary/aromatic N) is 1. The first-order chi connectivity index (χ1) is 16.9. The van der Waals surface area contributed by atoms with Crippen molar-refractivity contribution in [3.05, 3.63) is 82.0 Å². The summed E-state index contributed by atoms with van der Waals surface area (Å²) in [5, 5.41) is 7.26. The van der Waals surface area contributed by atoms with Crippen LogP contribution < -0.4 is 15.5 Å². The molecule has 3 aromatic rings. The highest BCUT2D eigenvalue weighted by Crippen LogP contribution is 2.43. The minimum Gasteiger partial charge on any atom is -0.468 e. The van der Waals surface area contributed by atoms with Crippen LogP contribution in [0.5, 0.6) is 0 Å². The quantitative estimate of drug-likeness (QED) is 0.491. The lowest BCUT2D eigenvalue weighted by Crippen LogP contribution is -2.32. The number of carbonyl (C=O) groups excluding carboxylic acids is 4. The molecule has 0 aliphatic carbocycles. The van der Waals surface area contributed by atoms with Gasteiger partial charge in [-0.25, -0.2) is 0 Å². The Morgan fingerprint density at radius 3 is 2.54 bits per heavy atom. The Morgan fingerprint density at radius 1 is 1.09 bits per heavy atom. The Morgan fingerprint density at radius 2 is 1.86 bits per heavy atom. The Hall–Kier alpha value is -3.98. The first kappa shape index (κ1) is 24.2. The van der Waals surface area contributed by atoms with Crippen LogP contribution in [0.3, 0.4) is 0 Å². The summed E-state index contributed by atoms with van der Waals surface area (Å²) < 4.78 is 4.52. The van der Waals surface area contributed by atoms with E-state index in [0.29, 0.717) is 5.69 Å². The van der Waals surface area contributed by atoms with E-state index in [4.69, 9.17) is 0 Å². The zero-order chi connectivity index (χ0) is 24.9. The number of benzene rings is 2. The molecular formula is C26H25N3O5S. The number of nitrogens with one attached hydrogen (secondary N) is 2. The second-order valence-corrected chi connectivity index (χ2v) is 9.18. The van der Waals surface area contributed by atoms with Gasteiger partial charge in [0.2, 0.25) is 11.8 Å². The number of methoxy groups -OCH3 is 1. The number of rotatable bonds is 7. The fourth-order valence-corrected chi connectivity index (χ4v) is 4.94. The highest BCUT2D eigenvalue weighted by molar-refractivity contribution is 7.10. The largest absolute Gasteiger partial charge is 0.468 e. The summed E-state index contributed by atoms with van der Waals surface area (Å²) in [7, 11) is 1.24. The van der Waals surface area contributed by atoms with Crippen LogP contribution in [-0.2, 0) is 19.1 Å². The van der Waals surface area contributed by atoms with Gasteiger partial charge in [0, 0.05) is 28.2 Å². The molecule has 0 bridgehead atoms. The van der Waals surface area contributed by atoms with E-state index in [1.165, 1.54) is 24.5 Å². The van der Waals surface area contributed by atoms with Crippen LogP contribution in [0, 0.1) is 12.8 Å². The van der Waals surface area contributed by atoms with Crippen LogP contribution in [0.15, 0.2) is 66.0 Å². The van der Waals surface area contributed by atoms with Crippen molar-refractivity contribution in [2.24, 2.45) is 5.92 Å². The van der Waals surface area contributed by atoms with Crippen molar-refractivity contribution in [2.45, 2.75) is 19.4 Å². The van der Waals surface area contributed by atoms with E-state index in [2.05, 4.69) is 15.4 Å². The zero-order valence-corrected chi connectivity index (χ0v) is 20.1. The number of hydrogen-bond donors (Lipinski definition) is 2. The highest BCUT2D eigenvalue weighted by atomic mass is 32.1. The average Bonchev–Trinajstić information content (AvgIpc) is 3.51. The molecule has 2 heterocycles. The lowest BCUT2D eigenvalue weighted by atomic mass is 9.97. The summed E-state index contributed by atoms with van der Waals surface area (Å²) >= 11 is 1.50. The standard InChI is InChI=1S/C26H25N3O5S/c1-16-8-10-19(11-9-16)29-22(30)14-20(24(29)21-7-4-12-35-21)26(33)28-18-6-3-5-17(13-18)25(32)27-15-23(31)34-2/h3-13,20,24H,14-15H2,1-2H3,(H,27,32)(H,28,33). The van der Waals surface area contributed by atoms with Gasteiger partial charge in [-0.3, -0.25) is 19.2 Å². The smallest absolute Gasteiger partial charge is 0.325 e. The van der Waals surface area contributed by atoms with Crippen molar-refractivity contribution >= 4 is 46.4 Å². The molecule has 0 spiro atoms. The molecule has 1 aliphatic heterocycles. The SMILES string of the molecule is COC(=O)CNC(=O)c1cccc(NC(=O)C2CC(=O)N(c3ccc(C)cc3)C2c2cccs2)c1. The molecule has 0 saturated carbocycles. The Kier molecular flexibility index (Phi) is 7.26. The summed E-state index contributed by atoms with van der Waals surface area (Å²) in [5.41, 5.74) is 2.54. The molecule has 1 saturated heterocycles. The molecule has 2 atom stereocenters. The highest BCUT2D eigenvalue weighted by Gasteiger charge is 2.45. The third-order valence-electron chi connectivity index (χ3n) is 5.82. The second-order valence-electron chi connectivity index (χ2n) is 8.20. The van der Waals surface area contributed by atoms with E-state index in [-0.39, 0.29) is 30.3 Å². The third kappa shape index (κ3) is 5.41. The fraction of sp³-hybridized carbons (Fsp3) is 0.231. The molecule has 4 rings (SSSR count). The van der Waals surface area contributed by atoms with E-state index in [1.54, 1.807) is 23.1 Å². The van der Waals surface area contributed by atoms with Crippen molar-refractivity contribution in [2.75, 3.05) is 23.9 Å². The number of anilines is 2. The maximum absolute atomic E-state index is 13.4. The molecule has 180 valence electrons. The van der Waals surface area contributed by atoms with Crippen LogP contribution in [0.2, 0.25) is 0 Å². The second kappa shape index (κ2) is 10.5. The molecule has 2 N–H and O–H groups in total. The maximum atomic E-state index is 13.4. The van der Waals surface area contributed by atoms with Gasteiger partial charge in [0.1, 0.15) is 6.54 Å². The summed E-state index contributed by atoms with van der Waals surface area (Å²) in [5.74, 6) is -2.07. The van der Waals surface area contributed by atoms with E-state index < -0.39 is 23.8 Å². The molecule has 2 unspecified atom stereocenters.